The molecule has 1 heteroatoms. The molecule has 0 bridgehead atoms. The Labute approximate surface area is 109 Å². The largest absolute Gasteiger partial charge is 0.299 e. The molecule has 17 heavy (non-hydrogen) atoms. The van der Waals surface area contributed by atoms with Crippen LogP contribution in [0, 0.1) is 0 Å². The van der Waals surface area contributed by atoms with Crippen LogP contribution in [0.1, 0.15) is 58.8 Å². The Hall–Kier alpha value is -0.560. The van der Waals surface area contributed by atoms with Crippen LogP contribution in [0.2, 0.25) is 0 Å². The Morgan fingerprint density at radius 2 is 1.47 bits per heavy atom. The van der Waals surface area contributed by atoms with E-state index < -0.39 is 0 Å². The van der Waals surface area contributed by atoms with Gasteiger partial charge < -0.3 is 0 Å². The van der Waals surface area contributed by atoms with Gasteiger partial charge in [0.1, 0.15) is 0 Å². The van der Waals surface area contributed by atoms with Gasteiger partial charge in [0.25, 0.3) is 0 Å². The molecule has 0 unspecified atom stereocenters. The second kappa shape index (κ2) is 11.9. The molecule has 0 aromatic heterocycles. The van der Waals surface area contributed by atoms with Gasteiger partial charge in [-0.15, -0.1) is 0 Å². The molecule has 0 aliphatic carbocycles. The summed E-state index contributed by atoms with van der Waals surface area (Å²) in [6.07, 6.45) is 11.2. The van der Waals surface area contributed by atoms with E-state index in [4.69, 9.17) is 0 Å². The van der Waals surface area contributed by atoms with E-state index in [2.05, 4.69) is 31.9 Å². The highest BCUT2D eigenvalue weighted by molar-refractivity contribution is 5.12. The average molecular weight is 237 g/mol. The third-order valence-corrected chi connectivity index (χ3v) is 3.12. The predicted octanol–water partition coefficient (Wildman–Crippen LogP) is 4.80. The third-order valence-electron chi connectivity index (χ3n) is 3.12. The van der Waals surface area contributed by atoms with Crippen molar-refractivity contribution in [3.8, 4) is 0 Å². The zero-order valence-electron chi connectivity index (χ0n) is 12.0. The summed E-state index contributed by atoms with van der Waals surface area (Å²) < 4.78 is 0. The molecule has 0 saturated carbocycles. The van der Waals surface area contributed by atoms with Crippen molar-refractivity contribution in [1.29, 1.82) is 0 Å². The van der Waals surface area contributed by atoms with Crippen LogP contribution in [0.4, 0.5) is 0 Å². The van der Waals surface area contributed by atoms with Gasteiger partial charge in [-0.2, -0.15) is 0 Å². The molecule has 0 N–H and O–H groups in total. The normalized spacial score (nSPS) is 10.8. The maximum atomic E-state index is 4.03. The maximum Gasteiger partial charge on any atom is 0.0227 e. The fourth-order valence-corrected chi connectivity index (χ4v) is 1.97. The molecule has 0 aromatic carbocycles. The number of rotatable bonds is 12. The van der Waals surface area contributed by atoms with Crippen molar-refractivity contribution in [3.63, 3.8) is 0 Å². The highest BCUT2D eigenvalue weighted by Crippen LogP contribution is 2.06. The molecule has 1 nitrogen and oxygen atoms in total. The molecule has 100 valence electrons. The van der Waals surface area contributed by atoms with Gasteiger partial charge in [-0.1, -0.05) is 65.2 Å². The SMILES string of the molecule is C=CC(=C)CN(CCCCC)CCCCCC. The fraction of sp³-hybridized carbons (Fsp3) is 0.750. The van der Waals surface area contributed by atoms with Gasteiger partial charge in [0.05, 0.1) is 0 Å². The minimum Gasteiger partial charge on any atom is -0.299 e. The molecule has 0 rings (SSSR count). The van der Waals surface area contributed by atoms with E-state index in [1.807, 2.05) is 6.08 Å². The summed E-state index contributed by atoms with van der Waals surface area (Å²) in [7, 11) is 0. The highest BCUT2D eigenvalue weighted by Gasteiger charge is 2.04. The Morgan fingerprint density at radius 3 is 2.00 bits per heavy atom. The number of nitrogens with zero attached hydrogens (tertiary/aromatic N) is 1. The van der Waals surface area contributed by atoms with Crippen molar-refractivity contribution in [2.75, 3.05) is 19.6 Å². The summed E-state index contributed by atoms with van der Waals surface area (Å²) >= 11 is 0. The zero-order valence-corrected chi connectivity index (χ0v) is 12.0. The van der Waals surface area contributed by atoms with Crippen LogP contribution >= 0.6 is 0 Å². The van der Waals surface area contributed by atoms with E-state index in [-0.39, 0.29) is 0 Å². The Bertz CT molecular complexity index is 196. The Morgan fingerprint density at radius 1 is 0.941 bits per heavy atom. The second-order valence-electron chi connectivity index (χ2n) is 4.91. The monoisotopic (exact) mass is 237 g/mol. The van der Waals surface area contributed by atoms with E-state index in [9.17, 15) is 0 Å². The van der Waals surface area contributed by atoms with Crippen LogP contribution in [0.15, 0.2) is 24.8 Å². The van der Waals surface area contributed by atoms with Crippen molar-refractivity contribution in [1.82, 2.24) is 4.90 Å². The minimum absolute atomic E-state index is 0.999. The fourth-order valence-electron chi connectivity index (χ4n) is 1.97. The lowest BCUT2D eigenvalue weighted by Crippen LogP contribution is -2.27. The molecule has 0 fully saturated rings. The summed E-state index contributed by atoms with van der Waals surface area (Å²) in [6.45, 7) is 15.8. The van der Waals surface area contributed by atoms with E-state index in [1.54, 1.807) is 0 Å². The van der Waals surface area contributed by atoms with Crippen LogP contribution < -0.4 is 0 Å². The second-order valence-corrected chi connectivity index (χ2v) is 4.91. The molecule has 0 radical (unpaired) electrons. The lowest BCUT2D eigenvalue weighted by molar-refractivity contribution is 0.284. The van der Waals surface area contributed by atoms with Crippen molar-refractivity contribution in [2.24, 2.45) is 0 Å². The first-order valence-electron chi connectivity index (χ1n) is 7.27. The van der Waals surface area contributed by atoms with Crippen LogP contribution in [0.25, 0.3) is 0 Å². The van der Waals surface area contributed by atoms with Crippen molar-refractivity contribution in [3.05, 3.63) is 24.8 Å². The summed E-state index contributed by atoms with van der Waals surface area (Å²) in [6, 6.07) is 0. The van der Waals surface area contributed by atoms with Crippen LogP contribution in [0.3, 0.4) is 0 Å². The first kappa shape index (κ1) is 16.4. The summed E-state index contributed by atoms with van der Waals surface area (Å²) in [5.74, 6) is 0. The van der Waals surface area contributed by atoms with E-state index >= 15 is 0 Å². The lowest BCUT2D eigenvalue weighted by Gasteiger charge is -2.22. The summed E-state index contributed by atoms with van der Waals surface area (Å²) in [4.78, 5) is 2.54. The molecule has 0 atom stereocenters. The molecule has 0 amide bonds. The zero-order chi connectivity index (χ0) is 12.9. The molecular weight excluding hydrogens is 206 g/mol. The minimum atomic E-state index is 0.999. The van der Waals surface area contributed by atoms with Gasteiger partial charge in [-0.3, -0.25) is 4.90 Å². The van der Waals surface area contributed by atoms with Crippen LogP contribution in [0.5, 0.6) is 0 Å². The smallest absolute Gasteiger partial charge is 0.0227 e. The highest BCUT2D eigenvalue weighted by atomic mass is 15.1. The van der Waals surface area contributed by atoms with Gasteiger partial charge in [0, 0.05) is 6.54 Å². The summed E-state index contributed by atoms with van der Waals surface area (Å²) in [5.41, 5.74) is 1.15. The Balaban J connectivity index is 3.83. The van der Waals surface area contributed by atoms with Gasteiger partial charge in [-0.25, -0.2) is 0 Å². The quantitative estimate of drug-likeness (QED) is 0.348. The molecule has 0 aromatic rings. The first-order chi connectivity index (χ1) is 8.24. The molecule has 0 heterocycles. The molecule has 0 aliphatic heterocycles. The molecule has 0 saturated heterocycles. The van der Waals surface area contributed by atoms with Gasteiger partial charge >= 0.3 is 0 Å². The van der Waals surface area contributed by atoms with Crippen molar-refractivity contribution >= 4 is 0 Å². The first-order valence-corrected chi connectivity index (χ1v) is 7.27. The molecule has 0 spiro atoms. The van der Waals surface area contributed by atoms with E-state index in [1.165, 1.54) is 58.0 Å². The average Bonchev–Trinajstić information content (AvgIpc) is 2.34. The van der Waals surface area contributed by atoms with Crippen LogP contribution in [-0.2, 0) is 0 Å². The van der Waals surface area contributed by atoms with Crippen molar-refractivity contribution in [2.45, 2.75) is 58.8 Å². The van der Waals surface area contributed by atoms with Gasteiger partial charge in [0.2, 0.25) is 0 Å². The third kappa shape index (κ3) is 10.3. The van der Waals surface area contributed by atoms with E-state index in [0.29, 0.717) is 0 Å². The van der Waals surface area contributed by atoms with Gasteiger partial charge in [-0.05, 0) is 31.5 Å². The van der Waals surface area contributed by atoms with Crippen molar-refractivity contribution < 1.29 is 0 Å². The maximum absolute atomic E-state index is 4.03. The van der Waals surface area contributed by atoms with Gasteiger partial charge in [0.15, 0.2) is 0 Å². The predicted molar refractivity (Wildman–Crippen MR) is 79.4 cm³/mol. The number of unbranched alkanes of at least 4 members (excludes halogenated alkanes) is 5. The molecular formula is C16H31N. The standard InChI is InChI=1S/C16H31N/c1-5-8-10-12-14-17(13-11-9-6-2)15-16(4)7-3/h7H,3-6,8-15H2,1-2H3. The van der Waals surface area contributed by atoms with E-state index in [0.717, 1.165) is 12.1 Å². The Kier molecular flexibility index (Phi) is 11.5. The molecule has 0 aliphatic rings. The number of hydrogen-bond donors (Lipinski definition) is 0. The summed E-state index contributed by atoms with van der Waals surface area (Å²) in [5, 5.41) is 0. The lowest BCUT2D eigenvalue weighted by atomic mass is 10.1. The van der Waals surface area contributed by atoms with Crippen LogP contribution in [-0.4, -0.2) is 24.5 Å². The topological polar surface area (TPSA) is 3.24 Å². The number of hydrogen-bond acceptors (Lipinski definition) is 1.